The molecular formula is C14H18S2. The monoisotopic (exact) mass is 250 g/mol. The second kappa shape index (κ2) is 3.46. The van der Waals surface area contributed by atoms with Crippen LogP contribution in [0, 0.1) is 12.3 Å². The third-order valence-corrected chi connectivity index (χ3v) is 7.98. The van der Waals surface area contributed by atoms with Gasteiger partial charge in [0.25, 0.3) is 0 Å². The zero-order valence-electron chi connectivity index (χ0n) is 10.2. The number of hydrogen-bond donors (Lipinski definition) is 0. The van der Waals surface area contributed by atoms with Crippen LogP contribution in [0.2, 0.25) is 0 Å². The van der Waals surface area contributed by atoms with Gasteiger partial charge in [0.2, 0.25) is 0 Å². The first-order valence-corrected chi connectivity index (χ1v) is 7.90. The molecule has 0 aromatic heterocycles. The molecule has 1 spiro atoms. The second-order valence-electron chi connectivity index (χ2n) is 5.53. The Morgan fingerprint density at radius 1 is 1.12 bits per heavy atom. The summed E-state index contributed by atoms with van der Waals surface area (Å²) in [6, 6.07) is 7.04. The second-order valence-corrected chi connectivity index (χ2v) is 8.41. The molecule has 0 saturated carbocycles. The zero-order chi connectivity index (χ0) is 11.4. The fourth-order valence-corrected chi connectivity index (χ4v) is 6.76. The van der Waals surface area contributed by atoms with Crippen LogP contribution in [0.5, 0.6) is 0 Å². The Morgan fingerprint density at radius 2 is 1.81 bits per heavy atom. The Balaban J connectivity index is 2.20. The molecule has 1 aliphatic heterocycles. The van der Waals surface area contributed by atoms with Crippen molar-refractivity contribution in [1.82, 2.24) is 0 Å². The highest BCUT2D eigenvalue weighted by Crippen LogP contribution is 2.66. The van der Waals surface area contributed by atoms with Crippen LogP contribution in [0.1, 0.15) is 30.5 Å². The normalized spacial score (nSPS) is 24.9. The summed E-state index contributed by atoms with van der Waals surface area (Å²) in [7, 11) is 0. The van der Waals surface area contributed by atoms with Gasteiger partial charge in [0.05, 0.1) is 4.08 Å². The summed E-state index contributed by atoms with van der Waals surface area (Å²) in [5.41, 5.74) is 5.00. The lowest BCUT2D eigenvalue weighted by Gasteiger charge is -2.37. The molecule has 1 aliphatic carbocycles. The molecule has 2 heteroatoms. The van der Waals surface area contributed by atoms with Gasteiger partial charge >= 0.3 is 0 Å². The maximum Gasteiger partial charge on any atom is 0.0917 e. The molecule has 0 radical (unpaired) electrons. The highest BCUT2D eigenvalue weighted by Gasteiger charge is 2.54. The van der Waals surface area contributed by atoms with E-state index in [0.29, 0.717) is 9.49 Å². The number of thioether (sulfide) groups is 2. The Labute approximate surface area is 107 Å². The lowest BCUT2D eigenvalue weighted by Crippen LogP contribution is -2.30. The Bertz CT molecular complexity index is 428. The van der Waals surface area contributed by atoms with Crippen LogP contribution in [0.15, 0.2) is 18.2 Å². The summed E-state index contributed by atoms with van der Waals surface area (Å²) in [6.45, 7) is 7.09. The first-order chi connectivity index (χ1) is 7.55. The summed E-state index contributed by atoms with van der Waals surface area (Å²) in [5.74, 6) is 2.61. The van der Waals surface area contributed by atoms with E-state index in [4.69, 9.17) is 0 Å². The highest BCUT2D eigenvalue weighted by molar-refractivity contribution is 8.20. The van der Waals surface area contributed by atoms with Crippen molar-refractivity contribution in [1.29, 1.82) is 0 Å². The molecule has 0 unspecified atom stereocenters. The maximum atomic E-state index is 2.44. The molecule has 0 amide bonds. The van der Waals surface area contributed by atoms with Gasteiger partial charge < -0.3 is 0 Å². The fraction of sp³-hybridized carbons (Fsp3) is 0.571. The van der Waals surface area contributed by atoms with Crippen molar-refractivity contribution in [2.24, 2.45) is 5.41 Å². The molecule has 0 nitrogen and oxygen atoms in total. The van der Waals surface area contributed by atoms with Crippen molar-refractivity contribution < 1.29 is 0 Å². The third kappa shape index (κ3) is 1.32. The van der Waals surface area contributed by atoms with E-state index in [2.05, 4.69) is 62.5 Å². The highest BCUT2D eigenvalue weighted by atomic mass is 32.2. The van der Waals surface area contributed by atoms with E-state index in [1.807, 2.05) is 0 Å². The smallest absolute Gasteiger partial charge is 0.0917 e. The van der Waals surface area contributed by atoms with Crippen LogP contribution in [-0.4, -0.2) is 11.5 Å². The number of fused-ring (bicyclic) bond motifs is 2. The van der Waals surface area contributed by atoms with E-state index in [1.54, 1.807) is 11.1 Å². The minimum absolute atomic E-state index is 0.342. The van der Waals surface area contributed by atoms with Crippen molar-refractivity contribution >= 4 is 23.5 Å². The van der Waals surface area contributed by atoms with Crippen LogP contribution in [0.3, 0.4) is 0 Å². The predicted octanol–water partition coefficient (Wildman–Crippen LogP) is 4.21. The van der Waals surface area contributed by atoms with Crippen LogP contribution in [0.4, 0.5) is 0 Å². The van der Waals surface area contributed by atoms with Gasteiger partial charge in [-0.1, -0.05) is 37.6 Å². The minimum atomic E-state index is 0.342. The van der Waals surface area contributed by atoms with Gasteiger partial charge in [-0.3, -0.25) is 0 Å². The van der Waals surface area contributed by atoms with E-state index in [-0.39, 0.29) is 0 Å². The van der Waals surface area contributed by atoms with E-state index >= 15 is 0 Å². The molecule has 3 rings (SSSR count). The van der Waals surface area contributed by atoms with Gasteiger partial charge in [-0.15, -0.1) is 23.5 Å². The molecule has 86 valence electrons. The first kappa shape index (κ1) is 11.0. The van der Waals surface area contributed by atoms with Gasteiger partial charge in [-0.25, -0.2) is 0 Å². The standard InChI is InChI=1S/C14H18S2/c1-10-4-5-11-9-13(2,3)14(12(11)8-10)15-6-7-16-14/h4-5,8H,6-7,9H2,1-3H3. The molecule has 1 saturated heterocycles. The fourth-order valence-electron chi connectivity index (χ4n) is 3.07. The average Bonchev–Trinajstić information content (AvgIpc) is 2.77. The molecule has 16 heavy (non-hydrogen) atoms. The summed E-state index contributed by atoms with van der Waals surface area (Å²) in [6.07, 6.45) is 1.24. The molecule has 1 aromatic rings. The van der Waals surface area contributed by atoms with E-state index in [1.165, 1.54) is 23.5 Å². The lowest BCUT2D eigenvalue weighted by atomic mass is 9.89. The number of rotatable bonds is 0. The Kier molecular flexibility index (Phi) is 2.38. The largest absolute Gasteiger partial charge is 0.138 e. The molecule has 0 bridgehead atoms. The molecule has 0 N–H and O–H groups in total. The molecule has 1 aromatic carbocycles. The van der Waals surface area contributed by atoms with E-state index in [9.17, 15) is 0 Å². The van der Waals surface area contributed by atoms with Crippen LogP contribution < -0.4 is 0 Å². The molecule has 2 aliphatic rings. The molecule has 1 heterocycles. The van der Waals surface area contributed by atoms with E-state index < -0.39 is 0 Å². The Morgan fingerprint density at radius 3 is 2.50 bits per heavy atom. The zero-order valence-corrected chi connectivity index (χ0v) is 11.8. The molecular weight excluding hydrogens is 232 g/mol. The van der Waals surface area contributed by atoms with Crippen LogP contribution in [0.25, 0.3) is 0 Å². The number of aryl methyl sites for hydroxylation is 1. The van der Waals surface area contributed by atoms with Gasteiger partial charge in [-0.05, 0) is 29.9 Å². The first-order valence-electron chi connectivity index (χ1n) is 5.93. The summed E-state index contributed by atoms with van der Waals surface area (Å²) in [4.78, 5) is 0. The summed E-state index contributed by atoms with van der Waals surface area (Å²) in [5, 5.41) is 0. The van der Waals surface area contributed by atoms with Crippen molar-refractivity contribution in [3.05, 3.63) is 34.9 Å². The number of hydrogen-bond acceptors (Lipinski definition) is 2. The number of benzene rings is 1. The predicted molar refractivity (Wildman–Crippen MR) is 75.3 cm³/mol. The van der Waals surface area contributed by atoms with Gasteiger partial charge in [0.15, 0.2) is 0 Å². The third-order valence-electron chi connectivity index (χ3n) is 3.84. The van der Waals surface area contributed by atoms with Gasteiger partial charge in [0, 0.05) is 11.5 Å². The summed E-state index contributed by atoms with van der Waals surface area (Å²) < 4.78 is 0.342. The van der Waals surface area contributed by atoms with E-state index in [0.717, 1.165) is 0 Å². The van der Waals surface area contributed by atoms with Gasteiger partial charge in [-0.2, -0.15) is 0 Å². The van der Waals surface area contributed by atoms with Crippen LogP contribution >= 0.6 is 23.5 Å². The molecule has 1 fully saturated rings. The molecule has 0 atom stereocenters. The van der Waals surface area contributed by atoms with Crippen molar-refractivity contribution in [3.63, 3.8) is 0 Å². The lowest BCUT2D eigenvalue weighted by molar-refractivity contribution is 0.361. The summed E-state index contributed by atoms with van der Waals surface area (Å²) >= 11 is 4.35. The quantitative estimate of drug-likeness (QED) is 0.676. The topological polar surface area (TPSA) is 0 Å². The van der Waals surface area contributed by atoms with Gasteiger partial charge in [0.1, 0.15) is 0 Å². The van der Waals surface area contributed by atoms with Crippen molar-refractivity contribution in [3.8, 4) is 0 Å². The SMILES string of the molecule is Cc1ccc2c(c1)C1(SCCS1)C(C)(C)C2. The van der Waals surface area contributed by atoms with Crippen molar-refractivity contribution in [2.75, 3.05) is 11.5 Å². The Hall–Kier alpha value is -0.0800. The average molecular weight is 250 g/mol. The van der Waals surface area contributed by atoms with Crippen molar-refractivity contribution in [2.45, 2.75) is 31.3 Å². The van der Waals surface area contributed by atoms with Crippen LogP contribution in [-0.2, 0) is 10.5 Å². The minimum Gasteiger partial charge on any atom is -0.138 e. The maximum absolute atomic E-state index is 2.44.